The second-order valence-electron chi connectivity index (χ2n) is 8.76. The zero-order chi connectivity index (χ0) is 18.2. The Balaban J connectivity index is 1.52. The molecular formula is C23H27NO3. The molecule has 0 unspecified atom stereocenters. The van der Waals surface area contributed by atoms with Gasteiger partial charge in [0.2, 0.25) is 0 Å². The fraction of sp³-hybridized carbons (Fsp3) is 0.565. The van der Waals surface area contributed by atoms with Crippen LogP contribution in [0.5, 0.6) is 11.5 Å². The number of rotatable bonds is 4. The number of nitrogens with zero attached hydrogens (tertiary/aromatic N) is 1. The molecule has 2 fully saturated rings. The fourth-order valence-electron chi connectivity index (χ4n) is 6.22. The largest absolute Gasteiger partial charge is 0.497 e. The highest BCUT2D eigenvalue weighted by molar-refractivity contribution is 5.67. The Morgan fingerprint density at radius 3 is 2.81 bits per heavy atom. The van der Waals surface area contributed by atoms with Crippen LogP contribution in [0.4, 0.5) is 0 Å². The Morgan fingerprint density at radius 1 is 1.19 bits per heavy atom. The van der Waals surface area contributed by atoms with Crippen molar-refractivity contribution in [2.45, 2.75) is 49.7 Å². The maximum atomic E-state index is 6.58. The molecule has 1 aromatic rings. The standard InChI is InChI=1S/C23H27NO3/c1-25-18-8-6-15-12-17-16-7-9-19(26-2)22-23(16,20(15)21(18)27-22)10-11-24(17)13-14-4-3-5-14/h6-9,14,17,22H,3-5,10-13H2,1-2H3/t17-,22+,23+/m1/s1. The molecule has 6 rings (SSSR count). The zero-order valence-corrected chi connectivity index (χ0v) is 16.2. The van der Waals surface area contributed by atoms with E-state index in [1.54, 1.807) is 19.8 Å². The van der Waals surface area contributed by atoms with Gasteiger partial charge in [-0.2, -0.15) is 0 Å². The monoisotopic (exact) mass is 365 g/mol. The van der Waals surface area contributed by atoms with E-state index in [9.17, 15) is 0 Å². The van der Waals surface area contributed by atoms with E-state index in [0.29, 0.717) is 6.04 Å². The van der Waals surface area contributed by atoms with Gasteiger partial charge in [-0.1, -0.05) is 18.6 Å². The molecule has 4 nitrogen and oxygen atoms in total. The van der Waals surface area contributed by atoms with Gasteiger partial charge < -0.3 is 14.2 Å². The topological polar surface area (TPSA) is 30.9 Å². The molecule has 5 aliphatic rings. The SMILES string of the molecule is COC1=CC=C2[C@H]3Cc4ccc(OC)c5c4[C@@]2(CCN3CC2CCC2)[C@H]1O5. The summed E-state index contributed by atoms with van der Waals surface area (Å²) in [6, 6.07) is 4.85. The average Bonchev–Trinajstić information content (AvgIpc) is 3.00. The molecule has 0 N–H and O–H groups in total. The average molecular weight is 365 g/mol. The van der Waals surface area contributed by atoms with Crippen LogP contribution < -0.4 is 9.47 Å². The summed E-state index contributed by atoms with van der Waals surface area (Å²) in [5.41, 5.74) is 4.28. The number of likely N-dealkylation sites (tertiary alicyclic amines) is 1. The lowest BCUT2D eigenvalue weighted by Crippen LogP contribution is -2.60. The first-order valence-corrected chi connectivity index (χ1v) is 10.3. The van der Waals surface area contributed by atoms with Crippen LogP contribution in [0.15, 0.2) is 35.6 Å². The minimum absolute atomic E-state index is 0.0544. The lowest BCUT2D eigenvalue weighted by atomic mass is 9.57. The molecule has 2 aliphatic heterocycles. The summed E-state index contributed by atoms with van der Waals surface area (Å²) in [5.74, 6) is 3.64. The van der Waals surface area contributed by atoms with Crippen LogP contribution in [-0.2, 0) is 16.6 Å². The van der Waals surface area contributed by atoms with E-state index in [4.69, 9.17) is 14.2 Å². The molecule has 4 heteroatoms. The number of benzene rings is 1. The van der Waals surface area contributed by atoms with E-state index < -0.39 is 0 Å². The third-order valence-electron chi connectivity index (χ3n) is 7.72. The number of hydrogen-bond donors (Lipinski definition) is 0. The summed E-state index contributed by atoms with van der Waals surface area (Å²) in [6.07, 6.45) is 10.8. The minimum Gasteiger partial charge on any atom is -0.497 e. The molecule has 0 radical (unpaired) electrons. The molecule has 3 atom stereocenters. The van der Waals surface area contributed by atoms with Crippen molar-refractivity contribution >= 4 is 0 Å². The van der Waals surface area contributed by atoms with Crippen LogP contribution in [-0.4, -0.2) is 44.4 Å². The molecule has 1 saturated heterocycles. The fourth-order valence-corrected chi connectivity index (χ4v) is 6.22. The van der Waals surface area contributed by atoms with Crippen molar-refractivity contribution in [3.05, 3.63) is 46.7 Å². The first-order valence-electron chi connectivity index (χ1n) is 10.3. The Labute approximate surface area is 160 Å². The van der Waals surface area contributed by atoms with E-state index >= 15 is 0 Å². The molecule has 3 aliphatic carbocycles. The zero-order valence-electron chi connectivity index (χ0n) is 16.2. The summed E-state index contributed by atoms with van der Waals surface area (Å²) in [6.45, 7) is 2.40. The Bertz CT molecular complexity index is 869. The second kappa shape index (κ2) is 5.54. The summed E-state index contributed by atoms with van der Waals surface area (Å²) in [4.78, 5) is 2.76. The van der Waals surface area contributed by atoms with Gasteiger partial charge in [0.05, 0.1) is 19.6 Å². The molecule has 2 bridgehead atoms. The van der Waals surface area contributed by atoms with Crippen molar-refractivity contribution in [2.75, 3.05) is 27.3 Å². The van der Waals surface area contributed by atoms with Gasteiger partial charge in [0.25, 0.3) is 0 Å². The van der Waals surface area contributed by atoms with Crippen molar-refractivity contribution in [3.63, 3.8) is 0 Å². The van der Waals surface area contributed by atoms with Gasteiger partial charge in [-0.05, 0) is 54.9 Å². The van der Waals surface area contributed by atoms with Crippen LogP contribution in [0.2, 0.25) is 0 Å². The quantitative estimate of drug-likeness (QED) is 0.816. The van der Waals surface area contributed by atoms with Crippen molar-refractivity contribution in [1.82, 2.24) is 4.90 Å². The van der Waals surface area contributed by atoms with Gasteiger partial charge in [-0.3, -0.25) is 4.90 Å². The molecule has 142 valence electrons. The Morgan fingerprint density at radius 2 is 2.07 bits per heavy atom. The summed E-state index contributed by atoms with van der Waals surface area (Å²) in [5, 5.41) is 0. The molecule has 1 aromatic carbocycles. The molecule has 0 aromatic heterocycles. The summed E-state index contributed by atoms with van der Waals surface area (Å²) < 4.78 is 18.0. The maximum Gasteiger partial charge on any atom is 0.169 e. The lowest BCUT2D eigenvalue weighted by molar-refractivity contribution is 0.0506. The van der Waals surface area contributed by atoms with Crippen LogP contribution >= 0.6 is 0 Å². The highest BCUT2D eigenvalue weighted by Crippen LogP contribution is 2.62. The van der Waals surface area contributed by atoms with Crippen molar-refractivity contribution in [2.24, 2.45) is 5.92 Å². The van der Waals surface area contributed by atoms with Crippen LogP contribution in [0, 0.1) is 5.92 Å². The first-order chi connectivity index (χ1) is 13.3. The molecule has 27 heavy (non-hydrogen) atoms. The van der Waals surface area contributed by atoms with Gasteiger partial charge in [0.1, 0.15) is 5.76 Å². The minimum atomic E-state index is -0.0711. The van der Waals surface area contributed by atoms with E-state index in [0.717, 1.165) is 42.6 Å². The highest BCUT2D eigenvalue weighted by Gasteiger charge is 2.62. The summed E-state index contributed by atoms with van der Waals surface area (Å²) >= 11 is 0. The third-order valence-corrected chi connectivity index (χ3v) is 7.72. The third kappa shape index (κ3) is 1.92. The first kappa shape index (κ1) is 16.1. The number of piperidine rings is 1. The molecule has 1 saturated carbocycles. The number of methoxy groups -OCH3 is 2. The highest BCUT2D eigenvalue weighted by atomic mass is 16.6. The van der Waals surface area contributed by atoms with Crippen molar-refractivity contribution in [3.8, 4) is 11.5 Å². The van der Waals surface area contributed by atoms with Crippen LogP contribution in [0.1, 0.15) is 36.8 Å². The molecule has 0 amide bonds. The smallest absolute Gasteiger partial charge is 0.169 e. The normalized spacial score (nSPS) is 33.4. The second-order valence-corrected chi connectivity index (χ2v) is 8.76. The Kier molecular flexibility index (Phi) is 3.29. The van der Waals surface area contributed by atoms with E-state index in [-0.39, 0.29) is 11.5 Å². The predicted molar refractivity (Wildman–Crippen MR) is 103 cm³/mol. The van der Waals surface area contributed by atoms with Crippen LogP contribution in [0.25, 0.3) is 0 Å². The lowest BCUT2D eigenvalue weighted by Gasteiger charge is -2.54. The van der Waals surface area contributed by atoms with Gasteiger partial charge in [-0.15, -0.1) is 0 Å². The van der Waals surface area contributed by atoms with Crippen molar-refractivity contribution in [1.29, 1.82) is 0 Å². The van der Waals surface area contributed by atoms with E-state index in [2.05, 4.69) is 29.2 Å². The van der Waals surface area contributed by atoms with E-state index in [1.807, 2.05) is 0 Å². The molecule has 2 heterocycles. The molecule has 1 spiro atoms. The predicted octanol–water partition coefficient (Wildman–Crippen LogP) is 3.59. The van der Waals surface area contributed by atoms with Crippen molar-refractivity contribution < 1.29 is 14.2 Å². The number of ether oxygens (including phenoxy) is 3. The summed E-state index contributed by atoms with van der Waals surface area (Å²) in [7, 11) is 3.50. The van der Waals surface area contributed by atoms with Crippen LogP contribution in [0.3, 0.4) is 0 Å². The number of allylic oxidation sites excluding steroid dienone is 2. The van der Waals surface area contributed by atoms with Gasteiger partial charge in [0.15, 0.2) is 17.6 Å². The van der Waals surface area contributed by atoms with E-state index in [1.165, 1.54) is 36.9 Å². The maximum absolute atomic E-state index is 6.58. The Hall–Kier alpha value is -1.94. The van der Waals surface area contributed by atoms with Gasteiger partial charge >= 0.3 is 0 Å². The number of hydrogen-bond acceptors (Lipinski definition) is 4. The van der Waals surface area contributed by atoms with Gasteiger partial charge in [0, 0.05) is 24.7 Å². The van der Waals surface area contributed by atoms with Gasteiger partial charge in [-0.25, -0.2) is 0 Å². The molecular weight excluding hydrogens is 338 g/mol.